The molecule has 1 aromatic carbocycles. The van der Waals surface area contributed by atoms with E-state index >= 15 is 0 Å². The Bertz CT molecular complexity index is 963. The number of carbonyl (C=O) groups is 2. The molecule has 0 radical (unpaired) electrons. The molecule has 1 atom stereocenters. The molecule has 3 aromatic rings. The first kappa shape index (κ1) is 18.1. The van der Waals surface area contributed by atoms with E-state index in [-0.39, 0.29) is 24.2 Å². The van der Waals surface area contributed by atoms with Crippen LogP contribution in [0.2, 0.25) is 0 Å². The lowest BCUT2D eigenvalue weighted by atomic mass is 10.1. The predicted octanol–water partition coefficient (Wildman–Crippen LogP) is 3.12. The van der Waals surface area contributed by atoms with E-state index in [4.69, 9.17) is 0 Å². The van der Waals surface area contributed by atoms with E-state index in [1.165, 1.54) is 16.2 Å². The van der Waals surface area contributed by atoms with Crippen LogP contribution < -0.4 is 4.90 Å². The molecule has 0 aliphatic carbocycles. The fourth-order valence-corrected chi connectivity index (χ4v) is 5.05. The van der Waals surface area contributed by atoms with Crippen LogP contribution >= 0.6 is 22.7 Å². The molecule has 0 bridgehead atoms. The molecule has 0 spiro atoms. The summed E-state index contributed by atoms with van der Waals surface area (Å²) in [5.74, 6) is -0.315. The number of para-hydroxylation sites is 1. The molecule has 4 rings (SSSR count). The number of aromatic nitrogens is 2. The normalized spacial score (nSPS) is 17.0. The van der Waals surface area contributed by atoms with Crippen LogP contribution in [0.3, 0.4) is 0 Å². The topological polar surface area (TPSA) is 66.4 Å². The molecule has 1 fully saturated rings. The van der Waals surface area contributed by atoms with Crippen LogP contribution in [0.1, 0.15) is 17.0 Å². The SMILES string of the molecule is Cc1ncsc1CCN(C)C(=O)C1CC(=O)N(c2nc3ccccc3s2)C1. The Morgan fingerprint density at radius 1 is 1.37 bits per heavy atom. The number of fused-ring (bicyclic) bond motifs is 1. The summed E-state index contributed by atoms with van der Waals surface area (Å²) in [5.41, 5.74) is 3.74. The van der Waals surface area contributed by atoms with Crippen LogP contribution in [0.5, 0.6) is 0 Å². The minimum absolute atomic E-state index is 0.0223. The van der Waals surface area contributed by atoms with Gasteiger partial charge in [0.1, 0.15) is 0 Å². The first-order valence-electron chi connectivity index (χ1n) is 8.83. The number of aryl methyl sites for hydroxylation is 1. The van der Waals surface area contributed by atoms with E-state index in [1.807, 2.05) is 43.7 Å². The summed E-state index contributed by atoms with van der Waals surface area (Å²) in [7, 11) is 1.81. The van der Waals surface area contributed by atoms with Crippen LogP contribution in [-0.4, -0.2) is 46.8 Å². The molecule has 3 heterocycles. The average Bonchev–Trinajstić information content (AvgIpc) is 3.36. The quantitative estimate of drug-likeness (QED) is 0.660. The van der Waals surface area contributed by atoms with E-state index in [2.05, 4.69) is 9.97 Å². The van der Waals surface area contributed by atoms with Gasteiger partial charge in [0.15, 0.2) is 5.13 Å². The van der Waals surface area contributed by atoms with Crippen molar-refractivity contribution in [3.05, 3.63) is 40.3 Å². The van der Waals surface area contributed by atoms with Gasteiger partial charge in [-0.05, 0) is 19.1 Å². The Labute approximate surface area is 165 Å². The summed E-state index contributed by atoms with van der Waals surface area (Å²) >= 11 is 3.11. The Morgan fingerprint density at radius 2 is 2.19 bits per heavy atom. The molecule has 0 N–H and O–H groups in total. The number of hydrogen-bond donors (Lipinski definition) is 0. The van der Waals surface area contributed by atoms with Crippen LogP contribution in [0.25, 0.3) is 10.2 Å². The number of benzene rings is 1. The summed E-state index contributed by atoms with van der Waals surface area (Å²) in [6.07, 6.45) is 1.04. The fourth-order valence-electron chi connectivity index (χ4n) is 3.29. The zero-order chi connectivity index (χ0) is 19.0. The fraction of sp³-hybridized carbons (Fsp3) is 0.368. The standard InChI is InChI=1S/C19H20N4O2S2/c1-12-15(26-11-20-12)7-8-22(2)18(25)13-9-17(24)23(10-13)19-21-14-5-3-4-6-16(14)27-19/h3-6,11,13H,7-10H2,1-2H3. The van der Waals surface area contributed by atoms with Crippen molar-refractivity contribution < 1.29 is 9.59 Å². The third kappa shape index (κ3) is 3.59. The second-order valence-electron chi connectivity index (χ2n) is 6.74. The highest BCUT2D eigenvalue weighted by molar-refractivity contribution is 7.22. The molecule has 8 heteroatoms. The summed E-state index contributed by atoms with van der Waals surface area (Å²) in [6.45, 7) is 3.02. The van der Waals surface area contributed by atoms with E-state index in [0.29, 0.717) is 18.2 Å². The van der Waals surface area contributed by atoms with Crippen molar-refractivity contribution >= 4 is 49.8 Å². The molecular formula is C19H20N4O2S2. The number of likely N-dealkylation sites (N-methyl/N-ethyl adjacent to an activating group) is 1. The van der Waals surface area contributed by atoms with Crippen molar-refractivity contribution in [2.24, 2.45) is 5.92 Å². The van der Waals surface area contributed by atoms with Crippen LogP contribution in [-0.2, 0) is 16.0 Å². The van der Waals surface area contributed by atoms with Gasteiger partial charge in [0.05, 0.1) is 27.3 Å². The largest absolute Gasteiger partial charge is 0.345 e. The molecule has 27 heavy (non-hydrogen) atoms. The Kier molecular flexibility index (Phi) is 4.92. The smallest absolute Gasteiger partial charge is 0.229 e. The van der Waals surface area contributed by atoms with E-state index in [9.17, 15) is 9.59 Å². The second kappa shape index (κ2) is 7.36. The van der Waals surface area contributed by atoms with Gasteiger partial charge in [-0.1, -0.05) is 23.5 Å². The maximum absolute atomic E-state index is 12.8. The van der Waals surface area contributed by atoms with Gasteiger partial charge in [0, 0.05) is 37.9 Å². The molecule has 2 amide bonds. The van der Waals surface area contributed by atoms with Crippen LogP contribution in [0.4, 0.5) is 5.13 Å². The molecule has 2 aromatic heterocycles. The number of rotatable bonds is 5. The van der Waals surface area contributed by atoms with Crippen molar-refractivity contribution in [1.29, 1.82) is 0 Å². The number of carbonyl (C=O) groups excluding carboxylic acids is 2. The van der Waals surface area contributed by atoms with Gasteiger partial charge in [-0.3, -0.25) is 14.5 Å². The highest BCUT2D eigenvalue weighted by Crippen LogP contribution is 2.33. The summed E-state index contributed by atoms with van der Waals surface area (Å²) in [4.78, 5) is 38.7. The monoisotopic (exact) mass is 400 g/mol. The lowest BCUT2D eigenvalue weighted by Gasteiger charge is -2.20. The molecule has 1 aliphatic heterocycles. The molecule has 1 saturated heterocycles. The first-order valence-corrected chi connectivity index (χ1v) is 10.5. The Hall–Kier alpha value is -2.32. The third-order valence-corrected chi connectivity index (χ3v) is 6.94. The number of thiazole rings is 2. The van der Waals surface area contributed by atoms with E-state index in [1.54, 1.807) is 21.1 Å². The van der Waals surface area contributed by atoms with Gasteiger partial charge in [0.2, 0.25) is 11.8 Å². The summed E-state index contributed by atoms with van der Waals surface area (Å²) < 4.78 is 1.05. The molecule has 140 valence electrons. The minimum Gasteiger partial charge on any atom is -0.345 e. The molecule has 1 unspecified atom stereocenters. The van der Waals surface area contributed by atoms with E-state index in [0.717, 1.165) is 22.3 Å². The second-order valence-corrected chi connectivity index (χ2v) is 8.69. The Morgan fingerprint density at radius 3 is 2.93 bits per heavy atom. The van der Waals surface area contributed by atoms with Gasteiger partial charge in [-0.15, -0.1) is 11.3 Å². The first-order chi connectivity index (χ1) is 13.0. The molecule has 6 nitrogen and oxygen atoms in total. The maximum atomic E-state index is 12.8. The number of hydrogen-bond acceptors (Lipinski definition) is 6. The zero-order valence-electron chi connectivity index (χ0n) is 15.2. The van der Waals surface area contributed by atoms with Crippen molar-refractivity contribution in [2.75, 3.05) is 25.0 Å². The van der Waals surface area contributed by atoms with Crippen molar-refractivity contribution in [2.45, 2.75) is 19.8 Å². The molecule has 1 aliphatic rings. The van der Waals surface area contributed by atoms with Crippen LogP contribution in [0, 0.1) is 12.8 Å². The van der Waals surface area contributed by atoms with Gasteiger partial charge in [-0.2, -0.15) is 0 Å². The van der Waals surface area contributed by atoms with E-state index < -0.39 is 0 Å². The van der Waals surface area contributed by atoms with Gasteiger partial charge >= 0.3 is 0 Å². The number of amides is 2. The van der Waals surface area contributed by atoms with Crippen molar-refractivity contribution in [3.63, 3.8) is 0 Å². The Balaban J connectivity index is 1.41. The average molecular weight is 401 g/mol. The van der Waals surface area contributed by atoms with Gasteiger partial charge in [-0.25, -0.2) is 9.97 Å². The molecular weight excluding hydrogens is 380 g/mol. The highest BCUT2D eigenvalue weighted by Gasteiger charge is 2.37. The van der Waals surface area contributed by atoms with Gasteiger partial charge in [0.25, 0.3) is 0 Å². The molecule has 0 saturated carbocycles. The lowest BCUT2D eigenvalue weighted by Crippen LogP contribution is -2.35. The minimum atomic E-state index is -0.308. The van der Waals surface area contributed by atoms with Crippen LogP contribution in [0.15, 0.2) is 29.8 Å². The summed E-state index contributed by atoms with van der Waals surface area (Å²) in [5, 5.41) is 0.680. The van der Waals surface area contributed by atoms with Crippen molar-refractivity contribution in [1.82, 2.24) is 14.9 Å². The van der Waals surface area contributed by atoms with Gasteiger partial charge < -0.3 is 4.90 Å². The maximum Gasteiger partial charge on any atom is 0.229 e. The summed E-state index contributed by atoms with van der Waals surface area (Å²) in [6, 6.07) is 7.83. The number of nitrogens with zero attached hydrogens (tertiary/aromatic N) is 4. The zero-order valence-corrected chi connectivity index (χ0v) is 16.8. The van der Waals surface area contributed by atoms with Crippen molar-refractivity contribution in [3.8, 4) is 0 Å². The lowest BCUT2D eigenvalue weighted by molar-refractivity contribution is -0.134. The number of anilines is 1. The highest BCUT2D eigenvalue weighted by atomic mass is 32.1. The third-order valence-electron chi connectivity index (χ3n) is 4.88. The predicted molar refractivity (Wildman–Crippen MR) is 108 cm³/mol.